The van der Waals surface area contributed by atoms with Crippen molar-refractivity contribution in [1.29, 1.82) is 0 Å². The molecule has 0 aromatic heterocycles. The summed E-state index contributed by atoms with van der Waals surface area (Å²) in [4.78, 5) is 12.1. The SMILES string of the molecule is COc1ccccc1NC(=O)c1ccc(C)c(N)c1. The molecule has 2 aromatic rings. The number of aryl methyl sites for hydroxylation is 1. The third-order valence-electron chi connectivity index (χ3n) is 2.90. The first-order chi connectivity index (χ1) is 9.11. The second kappa shape index (κ2) is 5.44. The monoisotopic (exact) mass is 256 g/mol. The Kier molecular flexibility index (Phi) is 3.71. The van der Waals surface area contributed by atoms with Gasteiger partial charge >= 0.3 is 0 Å². The van der Waals surface area contributed by atoms with Crippen LogP contribution in [0.3, 0.4) is 0 Å². The molecule has 0 unspecified atom stereocenters. The summed E-state index contributed by atoms with van der Waals surface area (Å²) in [7, 11) is 1.56. The zero-order valence-electron chi connectivity index (χ0n) is 10.9. The van der Waals surface area contributed by atoms with Gasteiger partial charge in [0.25, 0.3) is 5.91 Å². The minimum absolute atomic E-state index is 0.212. The van der Waals surface area contributed by atoms with Gasteiger partial charge in [-0.3, -0.25) is 4.79 Å². The Morgan fingerprint density at radius 2 is 1.95 bits per heavy atom. The summed E-state index contributed by atoms with van der Waals surface area (Å²) in [5.41, 5.74) is 8.52. The summed E-state index contributed by atoms with van der Waals surface area (Å²) < 4.78 is 5.19. The van der Waals surface area contributed by atoms with E-state index in [9.17, 15) is 4.79 Å². The molecular weight excluding hydrogens is 240 g/mol. The van der Waals surface area contributed by atoms with Gasteiger partial charge in [-0.1, -0.05) is 18.2 Å². The van der Waals surface area contributed by atoms with Gasteiger partial charge in [0.1, 0.15) is 5.75 Å². The summed E-state index contributed by atoms with van der Waals surface area (Å²) in [5.74, 6) is 0.409. The highest BCUT2D eigenvalue weighted by Crippen LogP contribution is 2.24. The molecule has 0 saturated heterocycles. The molecule has 0 fully saturated rings. The van der Waals surface area contributed by atoms with E-state index in [1.54, 1.807) is 31.4 Å². The number of carbonyl (C=O) groups is 1. The van der Waals surface area contributed by atoms with E-state index in [2.05, 4.69) is 5.32 Å². The predicted molar refractivity (Wildman–Crippen MR) is 76.5 cm³/mol. The molecule has 4 nitrogen and oxygen atoms in total. The van der Waals surface area contributed by atoms with Crippen LogP contribution in [-0.2, 0) is 0 Å². The maximum atomic E-state index is 12.1. The molecule has 3 N–H and O–H groups in total. The van der Waals surface area contributed by atoms with Gasteiger partial charge in [-0.15, -0.1) is 0 Å². The van der Waals surface area contributed by atoms with E-state index in [1.807, 2.05) is 25.1 Å². The molecule has 0 bridgehead atoms. The maximum absolute atomic E-state index is 12.1. The molecule has 0 atom stereocenters. The lowest BCUT2D eigenvalue weighted by molar-refractivity contribution is 0.102. The first kappa shape index (κ1) is 13.0. The Hall–Kier alpha value is -2.49. The largest absolute Gasteiger partial charge is 0.495 e. The number of hydrogen-bond acceptors (Lipinski definition) is 3. The number of benzene rings is 2. The van der Waals surface area contributed by atoms with Gasteiger partial charge in [0.15, 0.2) is 0 Å². The average molecular weight is 256 g/mol. The van der Waals surface area contributed by atoms with Crippen molar-refractivity contribution in [2.45, 2.75) is 6.92 Å². The first-order valence-electron chi connectivity index (χ1n) is 5.92. The van der Waals surface area contributed by atoms with Crippen LogP contribution in [0, 0.1) is 6.92 Å². The molecule has 98 valence electrons. The Balaban J connectivity index is 2.23. The van der Waals surface area contributed by atoms with Crippen LogP contribution >= 0.6 is 0 Å². The summed E-state index contributed by atoms with van der Waals surface area (Å²) in [6.45, 7) is 1.90. The van der Waals surface area contributed by atoms with Crippen molar-refractivity contribution in [2.24, 2.45) is 0 Å². The van der Waals surface area contributed by atoms with Crippen LogP contribution < -0.4 is 15.8 Å². The van der Waals surface area contributed by atoms with Gasteiger partial charge in [-0.2, -0.15) is 0 Å². The Labute approximate surface area is 112 Å². The number of amides is 1. The van der Waals surface area contributed by atoms with Crippen molar-refractivity contribution in [3.8, 4) is 5.75 Å². The molecule has 0 radical (unpaired) electrons. The van der Waals surface area contributed by atoms with Crippen LogP contribution in [0.2, 0.25) is 0 Å². The number of nitrogen functional groups attached to an aromatic ring is 1. The maximum Gasteiger partial charge on any atom is 0.255 e. The zero-order valence-corrected chi connectivity index (χ0v) is 10.9. The van der Waals surface area contributed by atoms with Gasteiger partial charge in [-0.05, 0) is 36.8 Å². The second-order valence-electron chi connectivity index (χ2n) is 4.23. The fraction of sp³-hybridized carbons (Fsp3) is 0.133. The van der Waals surface area contributed by atoms with Crippen molar-refractivity contribution in [3.63, 3.8) is 0 Å². The Bertz CT molecular complexity index is 609. The highest BCUT2D eigenvalue weighted by molar-refractivity contribution is 6.05. The fourth-order valence-electron chi connectivity index (χ4n) is 1.72. The van der Waals surface area contributed by atoms with E-state index in [4.69, 9.17) is 10.5 Å². The Morgan fingerprint density at radius 3 is 2.63 bits per heavy atom. The van der Waals surface area contributed by atoms with Gasteiger partial charge in [0.05, 0.1) is 12.8 Å². The van der Waals surface area contributed by atoms with Gasteiger partial charge in [0.2, 0.25) is 0 Å². The zero-order chi connectivity index (χ0) is 13.8. The molecule has 0 spiro atoms. The third-order valence-corrected chi connectivity index (χ3v) is 2.90. The number of carbonyl (C=O) groups excluding carboxylic acids is 1. The fourth-order valence-corrected chi connectivity index (χ4v) is 1.72. The number of hydrogen-bond donors (Lipinski definition) is 2. The van der Waals surface area contributed by atoms with E-state index in [1.165, 1.54) is 0 Å². The Morgan fingerprint density at radius 1 is 1.21 bits per heavy atom. The lowest BCUT2D eigenvalue weighted by Gasteiger charge is -2.10. The van der Waals surface area contributed by atoms with Gasteiger partial charge in [0, 0.05) is 11.3 Å². The number of nitrogens with one attached hydrogen (secondary N) is 1. The average Bonchev–Trinajstić information content (AvgIpc) is 2.42. The summed E-state index contributed by atoms with van der Waals surface area (Å²) in [6, 6.07) is 12.5. The third kappa shape index (κ3) is 2.85. The molecule has 0 aliphatic rings. The lowest BCUT2D eigenvalue weighted by Crippen LogP contribution is -2.13. The molecule has 2 aromatic carbocycles. The van der Waals surface area contributed by atoms with E-state index >= 15 is 0 Å². The molecule has 4 heteroatoms. The highest BCUT2D eigenvalue weighted by atomic mass is 16.5. The van der Waals surface area contributed by atoms with Crippen LogP contribution in [0.1, 0.15) is 15.9 Å². The molecule has 0 aliphatic heterocycles. The minimum Gasteiger partial charge on any atom is -0.495 e. The van der Waals surface area contributed by atoms with Crippen molar-refractivity contribution in [3.05, 3.63) is 53.6 Å². The normalized spacial score (nSPS) is 10.0. The standard InChI is InChI=1S/C15H16N2O2/c1-10-7-8-11(9-12(10)16)15(18)17-13-5-3-4-6-14(13)19-2/h3-9H,16H2,1-2H3,(H,17,18). The molecule has 2 rings (SSSR count). The number of nitrogens with two attached hydrogens (primary N) is 1. The minimum atomic E-state index is -0.212. The molecular formula is C15H16N2O2. The summed E-state index contributed by atoms with van der Waals surface area (Å²) in [6.07, 6.45) is 0. The molecule has 0 aliphatic carbocycles. The van der Waals surface area contributed by atoms with Crippen molar-refractivity contribution < 1.29 is 9.53 Å². The van der Waals surface area contributed by atoms with Crippen LogP contribution in [0.15, 0.2) is 42.5 Å². The number of methoxy groups -OCH3 is 1. The number of rotatable bonds is 3. The van der Waals surface area contributed by atoms with E-state index in [0.29, 0.717) is 22.7 Å². The van der Waals surface area contributed by atoms with E-state index in [-0.39, 0.29) is 5.91 Å². The van der Waals surface area contributed by atoms with Crippen LogP contribution in [0.25, 0.3) is 0 Å². The molecule has 0 heterocycles. The number of ether oxygens (including phenoxy) is 1. The summed E-state index contributed by atoms with van der Waals surface area (Å²) in [5, 5.41) is 2.80. The van der Waals surface area contributed by atoms with Crippen LogP contribution in [0.5, 0.6) is 5.75 Å². The summed E-state index contributed by atoms with van der Waals surface area (Å²) >= 11 is 0. The molecule has 1 amide bonds. The van der Waals surface area contributed by atoms with Crippen molar-refractivity contribution >= 4 is 17.3 Å². The van der Waals surface area contributed by atoms with Crippen LogP contribution in [0.4, 0.5) is 11.4 Å². The quantitative estimate of drug-likeness (QED) is 0.830. The smallest absolute Gasteiger partial charge is 0.255 e. The van der Waals surface area contributed by atoms with Gasteiger partial charge < -0.3 is 15.8 Å². The second-order valence-corrected chi connectivity index (χ2v) is 4.23. The lowest BCUT2D eigenvalue weighted by atomic mass is 10.1. The van der Waals surface area contributed by atoms with Crippen molar-refractivity contribution in [2.75, 3.05) is 18.2 Å². The first-order valence-corrected chi connectivity index (χ1v) is 5.92. The predicted octanol–water partition coefficient (Wildman–Crippen LogP) is 2.84. The molecule has 0 saturated carbocycles. The number of anilines is 2. The van der Waals surface area contributed by atoms with Gasteiger partial charge in [-0.25, -0.2) is 0 Å². The molecule has 19 heavy (non-hydrogen) atoms. The highest BCUT2D eigenvalue weighted by Gasteiger charge is 2.10. The number of para-hydroxylation sites is 2. The van der Waals surface area contributed by atoms with Crippen molar-refractivity contribution in [1.82, 2.24) is 0 Å². The van der Waals surface area contributed by atoms with E-state index in [0.717, 1.165) is 5.56 Å². The van der Waals surface area contributed by atoms with E-state index < -0.39 is 0 Å². The van der Waals surface area contributed by atoms with Crippen LogP contribution in [-0.4, -0.2) is 13.0 Å². The topological polar surface area (TPSA) is 64.3 Å².